The second-order valence-corrected chi connectivity index (χ2v) is 5.87. The number of pyridine rings is 1. The number of halogens is 1. The van der Waals surface area contributed by atoms with Gasteiger partial charge >= 0.3 is 0 Å². The van der Waals surface area contributed by atoms with Crippen LogP contribution in [0.15, 0.2) is 53.6 Å². The highest BCUT2D eigenvalue weighted by Crippen LogP contribution is 2.17. The molecule has 0 aliphatic rings. The molecule has 0 atom stereocenters. The highest BCUT2D eigenvalue weighted by molar-refractivity contribution is 7.99. The van der Waals surface area contributed by atoms with E-state index in [1.54, 1.807) is 17.8 Å². The molecular formula is C15H17ClN2S. The molecule has 0 spiro atoms. The van der Waals surface area contributed by atoms with Crippen LogP contribution in [0.5, 0.6) is 0 Å². The van der Waals surface area contributed by atoms with Crippen molar-refractivity contribution in [3.05, 3.63) is 59.2 Å². The third-order valence-electron chi connectivity index (χ3n) is 2.71. The quantitative estimate of drug-likeness (QED) is 0.592. The van der Waals surface area contributed by atoms with Crippen molar-refractivity contribution in [2.24, 2.45) is 0 Å². The minimum atomic E-state index is 0.558. The lowest BCUT2D eigenvalue weighted by Gasteiger charge is -2.16. The van der Waals surface area contributed by atoms with Crippen LogP contribution in [-0.4, -0.2) is 29.2 Å². The Morgan fingerprint density at radius 2 is 1.89 bits per heavy atom. The molecule has 2 nitrogen and oxygen atoms in total. The number of aromatic nitrogens is 1. The third kappa shape index (κ3) is 5.23. The number of rotatable bonds is 6. The molecule has 19 heavy (non-hydrogen) atoms. The molecule has 0 saturated heterocycles. The summed E-state index contributed by atoms with van der Waals surface area (Å²) >= 11 is 7.60. The summed E-state index contributed by atoms with van der Waals surface area (Å²) in [6.45, 7) is 2.00. The summed E-state index contributed by atoms with van der Waals surface area (Å²) in [7, 11) is 2.14. The van der Waals surface area contributed by atoms with Crippen LogP contribution in [0.1, 0.15) is 5.56 Å². The molecule has 0 radical (unpaired) electrons. The van der Waals surface area contributed by atoms with E-state index in [0.717, 1.165) is 23.9 Å². The second-order valence-electron chi connectivity index (χ2n) is 4.37. The van der Waals surface area contributed by atoms with Crippen molar-refractivity contribution in [1.29, 1.82) is 0 Å². The summed E-state index contributed by atoms with van der Waals surface area (Å²) in [6.07, 6.45) is 0. The van der Waals surface area contributed by atoms with E-state index in [4.69, 9.17) is 11.6 Å². The van der Waals surface area contributed by atoms with E-state index >= 15 is 0 Å². The lowest BCUT2D eigenvalue weighted by Crippen LogP contribution is -2.20. The Bertz CT molecular complexity index is 505. The Kier molecular flexibility index (Phi) is 5.70. The first kappa shape index (κ1) is 14.4. The molecule has 2 rings (SSSR count). The first-order chi connectivity index (χ1) is 9.24. The first-order valence-electron chi connectivity index (χ1n) is 6.22. The third-order valence-corrected chi connectivity index (χ3v) is 3.83. The number of hydrogen-bond donors (Lipinski definition) is 0. The Labute approximate surface area is 123 Å². The molecule has 4 heteroatoms. The van der Waals surface area contributed by atoms with E-state index in [1.165, 1.54) is 5.56 Å². The SMILES string of the molecule is CN(CCSc1cccc(Cl)n1)Cc1ccccc1. The molecule has 1 heterocycles. The van der Waals surface area contributed by atoms with E-state index in [1.807, 2.05) is 18.2 Å². The van der Waals surface area contributed by atoms with Crippen molar-refractivity contribution < 1.29 is 0 Å². The Balaban J connectivity index is 1.73. The van der Waals surface area contributed by atoms with Gasteiger partial charge in [0.2, 0.25) is 0 Å². The largest absolute Gasteiger partial charge is 0.301 e. The smallest absolute Gasteiger partial charge is 0.130 e. The van der Waals surface area contributed by atoms with E-state index in [-0.39, 0.29) is 0 Å². The molecule has 0 unspecified atom stereocenters. The van der Waals surface area contributed by atoms with Gasteiger partial charge in [0, 0.05) is 18.8 Å². The fourth-order valence-electron chi connectivity index (χ4n) is 1.75. The highest BCUT2D eigenvalue weighted by atomic mass is 35.5. The summed E-state index contributed by atoms with van der Waals surface area (Å²) in [6, 6.07) is 16.2. The van der Waals surface area contributed by atoms with E-state index in [0.29, 0.717) is 5.15 Å². The van der Waals surface area contributed by atoms with Crippen LogP contribution in [0.25, 0.3) is 0 Å². The van der Waals surface area contributed by atoms with E-state index in [9.17, 15) is 0 Å². The van der Waals surface area contributed by atoms with Gasteiger partial charge in [0.1, 0.15) is 5.15 Å². The molecule has 0 N–H and O–H groups in total. The van der Waals surface area contributed by atoms with Crippen LogP contribution in [0.2, 0.25) is 5.15 Å². The zero-order chi connectivity index (χ0) is 13.5. The lowest BCUT2D eigenvalue weighted by molar-refractivity contribution is 0.348. The summed E-state index contributed by atoms with van der Waals surface area (Å²) in [4.78, 5) is 6.58. The molecule has 0 saturated carbocycles. The van der Waals surface area contributed by atoms with Gasteiger partial charge in [0.25, 0.3) is 0 Å². The van der Waals surface area contributed by atoms with Crippen molar-refractivity contribution >= 4 is 23.4 Å². The molecule has 0 aliphatic carbocycles. The predicted octanol–water partition coefficient (Wildman–Crippen LogP) is 3.96. The molecule has 2 aromatic rings. The van der Waals surface area contributed by atoms with Gasteiger partial charge in [-0.05, 0) is 24.7 Å². The van der Waals surface area contributed by atoms with Gasteiger partial charge in [-0.1, -0.05) is 48.0 Å². The van der Waals surface area contributed by atoms with Crippen molar-refractivity contribution in [1.82, 2.24) is 9.88 Å². The number of thioether (sulfide) groups is 1. The number of benzene rings is 1. The van der Waals surface area contributed by atoms with Crippen LogP contribution >= 0.6 is 23.4 Å². The second kappa shape index (κ2) is 7.53. The lowest BCUT2D eigenvalue weighted by atomic mass is 10.2. The molecule has 100 valence electrons. The van der Waals surface area contributed by atoms with Crippen LogP contribution in [-0.2, 0) is 6.54 Å². The minimum Gasteiger partial charge on any atom is -0.301 e. The van der Waals surface area contributed by atoms with E-state index < -0.39 is 0 Å². The molecule has 0 bridgehead atoms. The van der Waals surface area contributed by atoms with Crippen LogP contribution < -0.4 is 0 Å². The average Bonchev–Trinajstić information content (AvgIpc) is 2.40. The number of nitrogens with zero attached hydrogens (tertiary/aromatic N) is 2. The van der Waals surface area contributed by atoms with Gasteiger partial charge in [-0.3, -0.25) is 0 Å². The van der Waals surface area contributed by atoms with Crippen molar-refractivity contribution in [2.45, 2.75) is 11.6 Å². The molecular weight excluding hydrogens is 276 g/mol. The summed E-state index contributed by atoms with van der Waals surface area (Å²) in [5, 5.41) is 1.54. The van der Waals surface area contributed by atoms with Gasteiger partial charge in [-0.15, -0.1) is 11.8 Å². The fourth-order valence-corrected chi connectivity index (χ4v) is 2.91. The predicted molar refractivity (Wildman–Crippen MR) is 82.7 cm³/mol. The average molecular weight is 293 g/mol. The molecule has 0 amide bonds. The maximum Gasteiger partial charge on any atom is 0.130 e. The Morgan fingerprint density at radius 1 is 1.11 bits per heavy atom. The Hall–Kier alpha value is -1.03. The maximum absolute atomic E-state index is 5.86. The maximum atomic E-state index is 5.86. The van der Waals surface area contributed by atoms with E-state index in [2.05, 4.69) is 41.2 Å². The summed E-state index contributed by atoms with van der Waals surface area (Å²) in [5.41, 5.74) is 1.34. The van der Waals surface area contributed by atoms with Crippen LogP contribution in [0.3, 0.4) is 0 Å². The fraction of sp³-hybridized carbons (Fsp3) is 0.267. The van der Waals surface area contributed by atoms with Gasteiger partial charge in [0.05, 0.1) is 5.03 Å². The molecule has 1 aromatic carbocycles. The van der Waals surface area contributed by atoms with Gasteiger partial charge in [-0.2, -0.15) is 0 Å². The first-order valence-corrected chi connectivity index (χ1v) is 7.58. The molecule has 1 aromatic heterocycles. The Morgan fingerprint density at radius 3 is 2.63 bits per heavy atom. The summed E-state index contributed by atoms with van der Waals surface area (Å²) < 4.78 is 0. The summed E-state index contributed by atoms with van der Waals surface area (Å²) in [5.74, 6) is 1.01. The topological polar surface area (TPSA) is 16.1 Å². The van der Waals surface area contributed by atoms with Gasteiger partial charge < -0.3 is 4.90 Å². The zero-order valence-corrected chi connectivity index (χ0v) is 12.5. The van der Waals surface area contributed by atoms with Crippen molar-refractivity contribution in [3.8, 4) is 0 Å². The monoisotopic (exact) mass is 292 g/mol. The normalized spacial score (nSPS) is 10.9. The van der Waals surface area contributed by atoms with Crippen LogP contribution in [0, 0.1) is 0 Å². The van der Waals surface area contributed by atoms with Gasteiger partial charge in [0.15, 0.2) is 0 Å². The molecule has 0 fully saturated rings. The minimum absolute atomic E-state index is 0.558. The molecule has 0 aliphatic heterocycles. The van der Waals surface area contributed by atoms with Crippen molar-refractivity contribution in [2.75, 3.05) is 19.3 Å². The van der Waals surface area contributed by atoms with Crippen molar-refractivity contribution in [3.63, 3.8) is 0 Å². The zero-order valence-electron chi connectivity index (χ0n) is 10.9. The van der Waals surface area contributed by atoms with Crippen LogP contribution in [0.4, 0.5) is 0 Å². The highest BCUT2D eigenvalue weighted by Gasteiger charge is 2.01. The standard InChI is InChI=1S/C15H17ClN2S/c1-18(12-13-6-3-2-4-7-13)10-11-19-15-9-5-8-14(16)17-15/h2-9H,10-12H2,1H3. The number of hydrogen-bond acceptors (Lipinski definition) is 3. The van der Waals surface area contributed by atoms with Gasteiger partial charge in [-0.25, -0.2) is 4.98 Å².